The Hall–Kier alpha value is -0.930. The Morgan fingerprint density at radius 3 is 2.58 bits per heavy atom. The minimum absolute atomic E-state index is 0.0833. The first kappa shape index (κ1) is 14.5. The van der Waals surface area contributed by atoms with Crippen molar-refractivity contribution in [3.63, 3.8) is 0 Å². The topological polar surface area (TPSA) is 15.3 Å². The smallest absolute Gasteiger partial charge is 0.127 e. The van der Waals surface area contributed by atoms with Crippen LogP contribution in [0.15, 0.2) is 24.3 Å². The Morgan fingerprint density at radius 1 is 1.26 bits per heavy atom. The monoisotopic (exact) mass is 264 g/mol. The van der Waals surface area contributed by atoms with Crippen molar-refractivity contribution >= 4 is 0 Å². The summed E-state index contributed by atoms with van der Waals surface area (Å²) in [6.45, 7) is 11.4. The molecule has 1 aromatic carbocycles. The van der Waals surface area contributed by atoms with E-state index in [9.17, 15) is 4.39 Å². The first-order valence-corrected chi connectivity index (χ1v) is 7.10. The van der Waals surface area contributed by atoms with Crippen LogP contribution in [0.5, 0.6) is 0 Å². The molecule has 0 saturated carbocycles. The zero-order valence-corrected chi connectivity index (χ0v) is 12.5. The number of rotatable bonds is 3. The molecule has 0 spiro atoms. The summed E-state index contributed by atoms with van der Waals surface area (Å²) in [6.07, 6.45) is 1.06. The van der Waals surface area contributed by atoms with E-state index >= 15 is 0 Å². The average molecular weight is 264 g/mol. The number of nitrogens with zero attached hydrogens (tertiary/aromatic N) is 1. The van der Waals surface area contributed by atoms with Gasteiger partial charge in [-0.25, -0.2) is 4.39 Å². The molecule has 1 aliphatic rings. The summed E-state index contributed by atoms with van der Waals surface area (Å²) in [6, 6.07) is 7.10. The van der Waals surface area contributed by atoms with Crippen LogP contribution in [0.25, 0.3) is 0 Å². The fraction of sp³-hybridized carbons (Fsp3) is 0.625. The highest BCUT2D eigenvalue weighted by atomic mass is 19.1. The Labute approximate surface area is 116 Å². The fourth-order valence-corrected chi connectivity index (χ4v) is 2.69. The van der Waals surface area contributed by atoms with Gasteiger partial charge in [-0.2, -0.15) is 0 Å². The van der Waals surface area contributed by atoms with Crippen molar-refractivity contribution in [3.8, 4) is 0 Å². The van der Waals surface area contributed by atoms with Gasteiger partial charge in [0.15, 0.2) is 0 Å². The summed E-state index contributed by atoms with van der Waals surface area (Å²) in [7, 11) is 0. The molecule has 2 rings (SSSR count). The number of piperazine rings is 1. The van der Waals surface area contributed by atoms with E-state index < -0.39 is 0 Å². The summed E-state index contributed by atoms with van der Waals surface area (Å²) in [4.78, 5) is 2.42. The zero-order valence-electron chi connectivity index (χ0n) is 12.5. The minimum atomic E-state index is -0.0997. The summed E-state index contributed by atoms with van der Waals surface area (Å²) in [5.74, 6) is -0.0997. The summed E-state index contributed by atoms with van der Waals surface area (Å²) < 4.78 is 13.9. The normalized spacial score (nSPS) is 27.4. The Kier molecular flexibility index (Phi) is 3.98. The van der Waals surface area contributed by atoms with Crippen molar-refractivity contribution in [1.29, 1.82) is 0 Å². The SMILES string of the molecule is CCC1(C)CNC(C)(C)CN1Cc1ccccc1F. The second-order valence-corrected chi connectivity index (χ2v) is 6.54. The minimum Gasteiger partial charge on any atom is -0.309 e. The van der Waals surface area contributed by atoms with E-state index in [0.717, 1.165) is 25.1 Å². The van der Waals surface area contributed by atoms with Crippen LogP contribution in [0.4, 0.5) is 4.39 Å². The third-order valence-electron chi connectivity index (χ3n) is 4.38. The maximum atomic E-state index is 13.9. The Bertz CT molecular complexity index is 444. The van der Waals surface area contributed by atoms with Crippen molar-refractivity contribution in [2.24, 2.45) is 0 Å². The van der Waals surface area contributed by atoms with E-state index in [1.807, 2.05) is 12.1 Å². The van der Waals surface area contributed by atoms with Gasteiger partial charge in [0.2, 0.25) is 0 Å². The molecule has 1 aliphatic heterocycles. The summed E-state index contributed by atoms with van der Waals surface area (Å²) in [5.41, 5.74) is 0.970. The van der Waals surface area contributed by atoms with Crippen molar-refractivity contribution < 1.29 is 4.39 Å². The van der Waals surface area contributed by atoms with Crippen molar-refractivity contribution in [2.45, 2.75) is 51.7 Å². The average Bonchev–Trinajstić information content (AvgIpc) is 2.37. The predicted octanol–water partition coefficient (Wildman–Crippen LogP) is 3.18. The molecule has 3 heteroatoms. The first-order valence-electron chi connectivity index (χ1n) is 7.10. The third kappa shape index (κ3) is 3.15. The lowest BCUT2D eigenvalue weighted by atomic mass is 9.87. The quantitative estimate of drug-likeness (QED) is 0.902. The van der Waals surface area contributed by atoms with Crippen LogP contribution in [0, 0.1) is 5.82 Å². The first-order chi connectivity index (χ1) is 8.86. The van der Waals surface area contributed by atoms with Crippen molar-refractivity contribution in [3.05, 3.63) is 35.6 Å². The van der Waals surface area contributed by atoms with E-state index in [1.54, 1.807) is 12.1 Å². The highest BCUT2D eigenvalue weighted by Crippen LogP contribution is 2.28. The molecule has 0 bridgehead atoms. The van der Waals surface area contributed by atoms with Gasteiger partial charge in [0.05, 0.1) is 0 Å². The molecule has 0 radical (unpaired) electrons. The molecule has 1 aromatic rings. The largest absolute Gasteiger partial charge is 0.309 e. The maximum Gasteiger partial charge on any atom is 0.127 e. The molecule has 19 heavy (non-hydrogen) atoms. The molecule has 1 saturated heterocycles. The van der Waals surface area contributed by atoms with Gasteiger partial charge in [-0.05, 0) is 33.3 Å². The molecule has 1 heterocycles. The van der Waals surface area contributed by atoms with Gasteiger partial charge in [-0.15, -0.1) is 0 Å². The van der Waals surface area contributed by atoms with Gasteiger partial charge in [0.1, 0.15) is 5.82 Å². The van der Waals surface area contributed by atoms with E-state index in [1.165, 1.54) is 0 Å². The molecule has 1 atom stereocenters. The van der Waals surface area contributed by atoms with Crippen molar-refractivity contribution in [2.75, 3.05) is 13.1 Å². The summed E-state index contributed by atoms with van der Waals surface area (Å²) >= 11 is 0. The second kappa shape index (κ2) is 5.22. The maximum absolute atomic E-state index is 13.9. The predicted molar refractivity (Wildman–Crippen MR) is 77.6 cm³/mol. The van der Waals surface area contributed by atoms with Crippen LogP contribution >= 0.6 is 0 Å². The number of nitrogens with one attached hydrogen (secondary N) is 1. The third-order valence-corrected chi connectivity index (χ3v) is 4.38. The van der Waals surface area contributed by atoms with Gasteiger partial charge in [0, 0.05) is 36.3 Å². The number of hydrogen-bond acceptors (Lipinski definition) is 2. The lowest BCUT2D eigenvalue weighted by Crippen LogP contribution is -2.66. The van der Waals surface area contributed by atoms with Crippen LogP contribution in [0.1, 0.15) is 39.7 Å². The Balaban J connectivity index is 2.22. The molecule has 2 nitrogen and oxygen atoms in total. The highest BCUT2D eigenvalue weighted by molar-refractivity contribution is 5.18. The molecular formula is C16H25FN2. The molecular weight excluding hydrogens is 239 g/mol. The number of benzene rings is 1. The van der Waals surface area contributed by atoms with Gasteiger partial charge in [-0.1, -0.05) is 25.1 Å². The molecule has 0 amide bonds. The van der Waals surface area contributed by atoms with Crippen LogP contribution in [0.2, 0.25) is 0 Å². The van der Waals surface area contributed by atoms with Crippen molar-refractivity contribution in [1.82, 2.24) is 10.2 Å². The van der Waals surface area contributed by atoms with E-state index in [4.69, 9.17) is 0 Å². The summed E-state index contributed by atoms with van der Waals surface area (Å²) in [5, 5.41) is 3.59. The van der Waals surface area contributed by atoms with E-state index in [0.29, 0.717) is 6.54 Å². The molecule has 1 N–H and O–H groups in total. The van der Waals surface area contributed by atoms with Gasteiger partial charge < -0.3 is 5.32 Å². The second-order valence-electron chi connectivity index (χ2n) is 6.54. The highest BCUT2D eigenvalue weighted by Gasteiger charge is 2.39. The van der Waals surface area contributed by atoms with Crippen LogP contribution < -0.4 is 5.32 Å². The standard InChI is InChI=1S/C16H25FN2/c1-5-16(4)11-18-15(2,3)12-19(16)10-13-8-6-7-9-14(13)17/h6-9,18H,5,10-12H2,1-4H3. The number of halogens is 1. The van der Waals surface area contributed by atoms with E-state index in [-0.39, 0.29) is 16.9 Å². The Morgan fingerprint density at radius 2 is 1.95 bits per heavy atom. The molecule has 1 unspecified atom stereocenters. The molecule has 106 valence electrons. The van der Waals surface area contributed by atoms with E-state index in [2.05, 4.69) is 37.9 Å². The lowest BCUT2D eigenvalue weighted by Gasteiger charge is -2.51. The van der Waals surface area contributed by atoms with Gasteiger partial charge in [0.25, 0.3) is 0 Å². The molecule has 0 aromatic heterocycles. The van der Waals surface area contributed by atoms with Crippen LogP contribution in [-0.4, -0.2) is 29.1 Å². The lowest BCUT2D eigenvalue weighted by molar-refractivity contribution is 0.0167. The molecule has 0 aliphatic carbocycles. The number of hydrogen-bond donors (Lipinski definition) is 1. The van der Waals surface area contributed by atoms with Gasteiger partial charge >= 0.3 is 0 Å². The van der Waals surface area contributed by atoms with Crippen LogP contribution in [-0.2, 0) is 6.54 Å². The van der Waals surface area contributed by atoms with Gasteiger partial charge in [-0.3, -0.25) is 4.90 Å². The molecule has 1 fully saturated rings. The zero-order chi connectivity index (χ0) is 14.1. The van der Waals surface area contributed by atoms with Crippen LogP contribution in [0.3, 0.4) is 0 Å². The fourth-order valence-electron chi connectivity index (χ4n) is 2.69.